The molecule has 0 atom stereocenters. The lowest BCUT2D eigenvalue weighted by atomic mass is 10.2. The summed E-state index contributed by atoms with van der Waals surface area (Å²) in [7, 11) is 1.67. The quantitative estimate of drug-likeness (QED) is 0.300. The molecule has 0 spiro atoms. The highest BCUT2D eigenvalue weighted by molar-refractivity contribution is 7.98. The van der Waals surface area contributed by atoms with Gasteiger partial charge in [0.1, 0.15) is 16.5 Å². The molecule has 0 fully saturated rings. The Kier molecular flexibility index (Phi) is 6.89. The van der Waals surface area contributed by atoms with E-state index in [2.05, 4.69) is 27.1 Å². The van der Waals surface area contributed by atoms with E-state index in [4.69, 9.17) is 14.5 Å². The van der Waals surface area contributed by atoms with Crippen LogP contribution < -0.4 is 9.47 Å². The van der Waals surface area contributed by atoms with Crippen molar-refractivity contribution in [2.75, 3.05) is 13.7 Å². The van der Waals surface area contributed by atoms with Gasteiger partial charge >= 0.3 is 0 Å². The summed E-state index contributed by atoms with van der Waals surface area (Å²) in [5, 5.41) is 12.8. The van der Waals surface area contributed by atoms with Crippen LogP contribution in [0.5, 0.6) is 11.5 Å². The summed E-state index contributed by atoms with van der Waals surface area (Å²) < 4.78 is 13.1. The molecule has 160 valence electrons. The Balaban J connectivity index is 1.48. The fourth-order valence-electron chi connectivity index (χ4n) is 3.21. The number of thiazole rings is 1. The van der Waals surface area contributed by atoms with Crippen molar-refractivity contribution in [1.82, 2.24) is 19.7 Å². The SMILES string of the molecule is CCOc1ccc(-c2nc(CSc3nnc(-c4ccccc4OC)n3CC)cs2)cc1. The van der Waals surface area contributed by atoms with Crippen molar-refractivity contribution in [3.05, 3.63) is 59.6 Å². The molecular weight excluding hydrogens is 428 g/mol. The third-order valence-electron chi connectivity index (χ3n) is 4.69. The molecule has 2 heterocycles. The maximum Gasteiger partial charge on any atom is 0.191 e. The third kappa shape index (κ3) is 4.75. The van der Waals surface area contributed by atoms with Crippen LogP contribution in [0.2, 0.25) is 0 Å². The van der Waals surface area contributed by atoms with Gasteiger partial charge in [-0.25, -0.2) is 4.98 Å². The minimum absolute atomic E-state index is 0.666. The molecule has 0 N–H and O–H groups in total. The van der Waals surface area contributed by atoms with Crippen molar-refractivity contribution in [3.63, 3.8) is 0 Å². The molecule has 0 radical (unpaired) electrons. The molecule has 4 rings (SSSR count). The van der Waals surface area contributed by atoms with Gasteiger partial charge in [-0.05, 0) is 50.2 Å². The summed E-state index contributed by atoms with van der Waals surface area (Å²) in [5.74, 6) is 3.22. The molecular formula is C23H24N4O2S2. The number of rotatable bonds is 9. The van der Waals surface area contributed by atoms with E-state index in [1.807, 2.05) is 55.5 Å². The highest BCUT2D eigenvalue weighted by Gasteiger charge is 2.17. The van der Waals surface area contributed by atoms with Crippen molar-refractivity contribution >= 4 is 23.1 Å². The summed E-state index contributed by atoms with van der Waals surface area (Å²) in [6.45, 7) is 5.52. The first-order chi connectivity index (χ1) is 15.2. The fraction of sp³-hybridized carbons (Fsp3) is 0.261. The third-order valence-corrected chi connectivity index (χ3v) is 6.63. The van der Waals surface area contributed by atoms with Crippen LogP contribution in [0.1, 0.15) is 19.5 Å². The minimum atomic E-state index is 0.666. The van der Waals surface area contributed by atoms with Crippen LogP contribution in [-0.4, -0.2) is 33.5 Å². The zero-order valence-corrected chi connectivity index (χ0v) is 19.4. The molecule has 2 aromatic carbocycles. The predicted octanol–water partition coefficient (Wildman–Crippen LogP) is 5.79. The van der Waals surface area contributed by atoms with Gasteiger partial charge in [0.25, 0.3) is 0 Å². The average Bonchev–Trinajstić information content (AvgIpc) is 3.45. The zero-order valence-electron chi connectivity index (χ0n) is 17.7. The first-order valence-electron chi connectivity index (χ1n) is 10.1. The van der Waals surface area contributed by atoms with Crippen LogP contribution in [-0.2, 0) is 12.3 Å². The van der Waals surface area contributed by atoms with Crippen molar-refractivity contribution < 1.29 is 9.47 Å². The van der Waals surface area contributed by atoms with Crippen LogP contribution >= 0.6 is 23.1 Å². The van der Waals surface area contributed by atoms with Gasteiger partial charge in [0.2, 0.25) is 0 Å². The second kappa shape index (κ2) is 9.98. The minimum Gasteiger partial charge on any atom is -0.496 e. The van der Waals surface area contributed by atoms with Crippen molar-refractivity contribution in [3.8, 4) is 33.5 Å². The maximum absolute atomic E-state index is 5.52. The van der Waals surface area contributed by atoms with Crippen LogP contribution in [0.15, 0.2) is 59.1 Å². The van der Waals surface area contributed by atoms with E-state index < -0.39 is 0 Å². The van der Waals surface area contributed by atoms with Gasteiger partial charge in [0.15, 0.2) is 11.0 Å². The summed E-state index contributed by atoms with van der Waals surface area (Å²) in [6.07, 6.45) is 0. The lowest BCUT2D eigenvalue weighted by Gasteiger charge is -2.10. The Labute approximate surface area is 190 Å². The molecule has 2 aromatic heterocycles. The molecule has 0 saturated carbocycles. The number of hydrogen-bond acceptors (Lipinski definition) is 7. The standard InChI is InChI=1S/C23H24N4O2S2/c1-4-27-21(19-8-6-7-9-20(19)28-3)25-26-23(27)31-15-17-14-30-22(24-17)16-10-12-18(13-11-16)29-5-2/h6-14H,4-5,15H2,1-3H3. The van der Waals surface area contributed by atoms with E-state index in [0.717, 1.165) is 56.6 Å². The lowest BCUT2D eigenvalue weighted by molar-refractivity contribution is 0.340. The second-order valence-electron chi connectivity index (χ2n) is 6.64. The normalized spacial score (nSPS) is 10.9. The Morgan fingerprint density at radius 3 is 2.58 bits per heavy atom. The Hall–Kier alpha value is -2.84. The van der Waals surface area contributed by atoms with E-state index in [9.17, 15) is 0 Å². The van der Waals surface area contributed by atoms with Gasteiger partial charge in [-0.3, -0.25) is 0 Å². The molecule has 31 heavy (non-hydrogen) atoms. The first-order valence-corrected chi connectivity index (χ1v) is 12.0. The number of methoxy groups -OCH3 is 1. The van der Waals surface area contributed by atoms with Crippen molar-refractivity contribution in [2.24, 2.45) is 0 Å². The van der Waals surface area contributed by atoms with E-state index in [-0.39, 0.29) is 0 Å². The molecule has 0 unspecified atom stereocenters. The molecule has 0 bridgehead atoms. The van der Waals surface area contributed by atoms with Gasteiger partial charge < -0.3 is 14.0 Å². The molecule has 0 aliphatic heterocycles. The predicted molar refractivity (Wildman–Crippen MR) is 126 cm³/mol. The number of thioether (sulfide) groups is 1. The number of ether oxygens (including phenoxy) is 2. The zero-order chi connectivity index (χ0) is 21.6. The topological polar surface area (TPSA) is 62.1 Å². The van der Waals surface area contributed by atoms with E-state index in [0.29, 0.717) is 6.61 Å². The molecule has 0 saturated heterocycles. The van der Waals surface area contributed by atoms with E-state index in [1.54, 1.807) is 30.2 Å². The van der Waals surface area contributed by atoms with Crippen LogP contribution in [0.25, 0.3) is 22.0 Å². The van der Waals surface area contributed by atoms with Crippen LogP contribution in [0.4, 0.5) is 0 Å². The Morgan fingerprint density at radius 2 is 1.84 bits per heavy atom. The summed E-state index contributed by atoms with van der Waals surface area (Å²) in [4.78, 5) is 4.80. The fourth-order valence-corrected chi connectivity index (χ4v) is 5.04. The molecule has 0 aliphatic rings. The largest absolute Gasteiger partial charge is 0.496 e. The molecule has 6 nitrogen and oxygen atoms in total. The van der Waals surface area contributed by atoms with Gasteiger partial charge in [-0.15, -0.1) is 21.5 Å². The Morgan fingerprint density at radius 1 is 1.03 bits per heavy atom. The summed E-state index contributed by atoms with van der Waals surface area (Å²) >= 11 is 3.29. The van der Waals surface area contributed by atoms with Gasteiger partial charge in [0.05, 0.1) is 25.0 Å². The van der Waals surface area contributed by atoms with Gasteiger partial charge in [-0.2, -0.15) is 0 Å². The lowest BCUT2D eigenvalue weighted by Crippen LogP contribution is -2.01. The van der Waals surface area contributed by atoms with Gasteiger partial charge in [0, 0.05) is 23.2 Å². The highest BCUT2D eigenvalue weighted by atomic mass is 32.2. The number of aromatic nitrogens is 4. The first kappa shape index (κ1) is 21.4. The monoisotopic (exact) mass is 452 g/mol. The molecule has 0 aliphatic carbocycles. The van der Waals surface area contributed by atoms with Crippen LogP contribution in [0.3, 0.4) is 0 Å². The number of nitrogens with zero attached hydrogens (tertiary/aromatic N) is 4. The van der Waals surface area contributed by atoms with E-state index >= 15 is 0 Å². The Bertz CT molecular complexity index is 1140. The number of benzene rings is 2. The maximum atomic E-state index is 5.52. The highest BCUT2D eigenvalue weighted by Crippen LogP contribution is 2.32. The average molecular weight is 453 g/mol. The van der Waals surface area contributed by atoms with Crippen molar-refractivity contribution in [1.29, 1.82) is 0 Å². The summed E-state index contributed by atoms with van der Waals surface area (Å²) in [5.41, 5.74) is 3.07. The van der Waals surface area contributed by atoms with Crippen LogP contribution in [0, 0.1) is 0 Å². The molecule has 8 heteroatoms. The number of hydrogen-bond donors (Lipinski definition) is 0. The second-order valence-corrected chi connectivity index (χ2v) is 8.44. The van der Waals surface area contributed by atoms with E-state index in [1.165, 1.54) is 0 Å². The molecule has 0 amide bonds. The summed E-state index contributed by atoms with van der Waals surface area (Å²) in [6, 6.07) is 15.9. The van der Waals surface area contributed by atoms with Gasteiger partial charge in [-0.1, -0.05) is 23.9 Å². The number of para-hydroxylation sites is 1. The van der Waals surface area contributed by atoms with Crippen molar-refractivity contribution in [2.45, 2.75) is 31.3 Å². The molecule has 4 aromatic rings. The smallest absolute Gasteiger partial charge is 0.191 e.